The fourth-order valence-electron chi connectivity index (χ4n) is 0.763. The average molecular weight is 232 g/mol. The zero-order valence-corrected chi connectivity index (χ0v) is 7.68. The molecule has 0 fully saturated rings. The molecule has 0 aliphatic rings. The van der Waals surface area contributed by atoms with Crippen molar-refractivity contribution < 1.29 is 4.39 Å². The minimum Gasteiger partial charge on any atom is -0.382 e. The van der Waals surface area contributed by atoms with Gasteiger partial charge < -0.3 is 11.6 Å². The lowest BCUT2D eigenvalue weighted by Gasteiger charge is -2.00. The molecule has 64 valence electrons. The maximum Gasteiger partial charge on any atom is 0.153 e. The van der Waals surface area contributed by atoms with Crippen molar-refractivity contribution in [3.05, 3.63) is 34.1 Å². The smallest absolute Gasteiger partial charge is 0.153 e. The van der Waals surface area contributed by atoms with Gasteiger partial charge in [-0.3, -0.25) is 0 Å². The van der Waals surface area contributed by atoms with Crippen LogP contribution in [-0.2, 0) is 0 Å². The van der Waals surface area contributed by atoms with E-state index in [-0.39, 0.29) is 11.4 Å². The van der Waals surface area contributed by atoms with Crippen LogP contribution >= 0.6 is 15.9 Å². The molecule has 0 aliphatic carbocycles. The van der Waals surface area contributed by atoms with Gasteiger partial charge in [-0.1, -0.05) is 15.9 Å². The molecule has 3 nitrogen and oxygen atoms in total. The van der Waals surface area contributed by atoms with Gasteiger partial charge in [-0.05, 0) is 18.2 Å². The van der Waals surface area contributed by atoms with Crippen molar-refractivity contribution in [1.29, 1.82) is 0 Å². The molecule has 5 heteroatoms. The molecular formula is C7H7BrFN3. The van der Waals surface area contributed by atoms with Gasteiger partial charge in [0.25, 0.3) is 0 Å². The second-order valence-corrected chi connectivity index (χ2v) is 3.05. The molecule has 0 saturated heterocycles. The summed E-state index contributed by atoms with van der Waals surface area (Å²) in [6, 6.07) is 4.38. The minimum absolute atomic E-state index is 0.0196. The Kier molecular flexibility index (Phi) is 2.65. The predicted molar refractivity (Wildman–Crippen MR) is 49.0 cm³/mol. The Balaban J connectivity index is 3.23. The Morgan fingerprint density at radius 2 is 2.17 bits per heavy atom. The Bertz CT molecular complexity index is 324. The normalized spacial score (nSPS) is 11.7. The monoisotopic (exact) mass is 231 g/mol. The summed E-state index contributed by atoms with van der Waals surface area (Å²) in [7, 11) is 0. The van der Waals surface area contributed by atoms with Crippen LogP contribution in [0.5, 0.6) is 0 Å². The first-order chi connectivity index (χ1) is 5.65. The molecule has 1 aromatic rings. The third-order valence-electron chi connectivity index (χ3n) is 1.34. The lowest BCUT2D eigenvalue weighted by molar-refractivity contribution is 0.624. The molecule has 0 bridgehead atoms. The summed E-state index contributed by atoms with van der Waals surface area (Å²) in [6.45, 7) is 0. The molecule has 1 rings (SSSR count). The zero-order valence-electron chi connectivity index (χ0n) is 6.09. The summed E-state index contributed by atoms with van der Waals surface area (Å²) in [5.74, 6) is 4.44. The Morgan fingerprint density at radius 1 is 1.50 bits per heavy atom. The summed E-state index contributed by atoms with van der Waals surface area (Å²) >= 11 is 3.18. The standard InChI is InChI=1S/C7H7BrFN3/c8-4-1-2-6(9)5(3-4)7(10)12-11/h1-3H,11H2,(H2,10,12). The third kappa shape index (κ3) is 1.73. The molecule has 0 aromatic heterocycles. The Hall–Kier alpha value is -1.10. The van der Waals surface area contributed by atoms with Crippen LogP contribution in [0.3, 0.4) is 0 Å². The van der Waals surface area contributed by atoms with E-state index in [2.05, 4.69) is 21.0 Å². The van der Waals surface area contributed by atoms with E-state index < -0.39 is 5.82 Å². The van der Waals surface area contributed by atoms with Gasteiger partial charge in [0.15, 0.2) is 5.84 Å². The highest BCUT2D eigenvalue weighted by atomic mass is 79.9. The van der Waals surface area contributed by atoms with E-state index in [0.717, 1.165) is 4.47 Å². The molecule has 0 radical (unpaired) electrons. The molecule has 1 aromatic carbocycles. The summed E-state index contributed by atoms with van der Waals surface area (Å²) in [5.41, 5.74) is 5.53. The summed E-state index contributed by atoms with van der Waals surface area (Å²) < 4.78 is 13.7. The fraction of sp³-hybridized carbons (Fsp3) is 0. The summed E-state index contributed by atoms with van der Waals surface area (Å²) in [4.78, 5) is 0. The van der Waals surface area contributed by atoms with E-state index in [1.165, 1.54) is 12.1 Å². The molecule has 0 amide bonds. The van der Waals surface area contributed by atoms with Gasteiger partial charge in [0.1, 0.15) is 5.82 Å². The van der Waals surface area contributed by atoms with Crippen LogP contribution in [0.25, 0.3) is 0 Å². The number of halogens is 2. The van der Waals surface area contributed by atoms with Gasteiger partial charge in [0.2, 0.25) is 0 Å². The van der Waals surface area contributed by atoms with E-state index >= 15 is 0 Å². The number of nitrogens with zero attached hydrogens (tertiary/aromatic N) is 1. The number of hydrazone groups is 1. The van der Waals surface area contributed by atoms with Gasteiger partial charge in [-0.15, -0.1) is 0 Å². The SMILES string of the molecule is N/N=C(/N)c1cc(Br)ccc1F. The predicted octanol–water partition coefficient (Wildman–Crippen LogP) is 1.17. The molecule has 0 atom stereocenters. The van der Waals surface area contributed by atoms with E-state index in [0.29, 0.717) is 0 Å². The molecule has 0 unspecified atom stereocenters. The first-order valence-corrected chi connectivity index (χ1v) is 3.93. The first-order valence-electron chi connectivity index (χ1n) is 3.14. The summed E-state index contributed by atoms with van der Waals surface area (Å²) in [5, 5.41) is 3.19. The average Bonchev–Trinajstić information content (AvgIpc) is 2.08. The van der Waals surface area contributed by atoms with Crippen LogP contribution in [0.1, 0.15) is 5.56 Å². The number of nitrogens with two attached hydrogens (primary N) is 2. The molecule has 4 N–H and O–H groups in total. The van der Waals surface area contributed by atoms with Crippen molar-refractivity contribution in [3.8, 4) is 0 Å². The minimum atomic E-state index is -0.440. The molecule has 0 heterocycles. The van der Waals surface area contributed by atoms with Crippen LogP contribution in [0.4, 0.5) is 4.39 Å². The van der Waals surface area contributed by atoms with E-state index in [1.54, 1.807) is 6.07 Å². The van der Waals surface area contributed by atoms with Crippen LogP contribution in [0.2, 0.25) is 0 Å². The molecule has 12 heavy (non-hydrogen) atoms. The Labute approximate surface area is 77.4 Å². The maximum atomic E-state index is 13.0. The fourth-order valence-corrected chi connectivity index (χ4v) is 1.12. The second kappa shape index (κ2) is 3.53. The van der Waals surface area contributed by atoms with Gasteiger partial charge in [0.05, 0.1) is 5.56 Å². The van der Waals surface area contributed by atoms with Crippen LogP contribution in [-0.4, -0.2) is 5.84 Å². The van der Waals surface area contributed by atoms with Crippen molar-refractivity contribution in [2.75, 3.05) is 0 Å². The van der Waals surface area contributed by atoms with Crippen LogP contribution in [0.15, 0.2) is 27.8 Å². The number of hydrogen-bond acceptors (Lipinski definition) is 2. The number of benzene rings is 1. The third-order valence-corrected chi connectivity index (χ3v) is 1.84. The van der Waals surface area contributed by atoms with Crippen molar-refractivity contribution >= 4 is 21.8 Å². The van der Waals surface area contributed by atoms with Gasteiger partial charge in [-0.2, -0.15) is 5.10 Å². The molecule has 0 spiro atoms. The number of hydrogen-bond donors (Lipinski definition) is 2. The second-order valence-electron chi connectivity index (χ2n) is 2.14. The molecule has 0 aliphatic heterocycles. The van der Waals surface area contributed by atoms with Crippen molar-refractivity contribution in [1.82, 2.24) is 0 Å². The highest BCUT2D eigenvalue weighted by Gasteiger charge is 2.05. The largest absolute Gasteiger partial charge is 0.382 e. The lowest BCUT2D eigenvalue weighted by atomic mass is 10.2. The topological polar surface area (TPSA) is 64.4 Å². The first kappa shape index (κ1) is 8.99. The van der Waals surface area contributed by atoms with Gasteiger partial charge in [-0.25, -0.2) is 4.39 Å². The van der Waals surface area contributed by atoms with Crippen LogP contribution < -0.4 is 11.6 Å². The maximum absolute atomic E-state index is 13.0. The van der Waals surface area contributed by atoms with Crippen LogP contribution in [0, 0.1) is 5.82 Å². The summed E-state index contributed by atoms with van der Waals surface area (Å²) in [6.07, 6.45) is 0. The van der Waals surface area contributed by atoms with Crippen molar-refractivity contribution in [3.63, 3.8) is 0 Å². The molecular weight excluding hydrogens is 225 g/mol. The quantitative estimate of drug-likeness (QED) is 0.330. The van der Waals surface area contributed by atoms with Gasteiger partial charge in [0, 0.05) is 4.47 Å². The number of amidine groups is 1. The highest BCUT2D eigenvalue weighted by Crippen LogP contribution is 2.14. The van der Waals surface area contributed by atoms with Crippen molar-refractivity contribution in [2.45, 2.75) is 0 Å². The van der Waals surface area contributed by atoms with Crippen molar-refractivity contribution in [2.24, 2.45) is 16.7 Å². The molecule has 0 saturated carbocycles. The van der Waals surface area contributed by atoms with E-state index in [4.69, 9.17) is 11.6 Å². The lowest BCUT2D eigenvalue weighted by Crippen LogP contribution is -2.17. The van der Waals surface area contributed by atoms with Gasteiger partial charge >= 0.3 is 0 Å². The number of rotatable bonds is 1. The zero-order chi connectivity index (χ0) is 9.14. The van der Waals surface area contributed by atoms with E-state index in [9.17, 15) is 4.39 Å². The van der Waals surface area contributed by atoms with E-state index in [1.807, 2.05) is 0 Å². The Morgan fingerprint density at radius 3 is 2.75 bits per heavy atom. The highest BCUT2D eigenvalue weighted by molar-refractivity contribution is 9.10.